The van der Waals surface area contributed by atoms with Gasteiger partial charge < -0.3 is 19.9 Å². The number of rotatable bonds is 9. The Morgan fingerprint density at radius 2 is 1.75 bits per heavy atom. The number of para-hydroxylation sites is 1. The zero-order chi connectivity index (χ0) is 25.5. The van der Waals surface area contributed by atoms with Crippen LogP contribution in [0.4, 0.5) is 10.5 Å². The summed E-state index contributed by atoms with van der Waals surface area (Å²) in [4.78, 5) is 32.6. The number of carbonyl (C=O) groups is 2. The summed E-state index contributed by atoms with van der Waals surface area (Å²) in [7, 11) is 0. The lowest BCUT2D eigenvalue weighted by Crippen LogP contribution is -2.46. The van der Waals surface area contributed by atoms with Gasteiger partial charge in [0.25, 0.3) is 0 Å². The molecule has 0 spiro atoms. The molecular formula is C27H29Cl2N3O3S. The molecule has 1 aliphatic rings. The molecule has 9 heteroatoms. The fraction of sp³-hybridized carbons (Fsp3) is 0.333. The number of carbonyl (C=O) groups excluding carboxylic acids is 2. The number of nitrogens with one attached hydrogen (secondary N) is 1. The largest absolute Gasteiger partial charge is 0.376 e. The Balaban J connectivity index is 1.54. The maximum atomic E-state index is 13.6. The first-order chi connectivity index (χ1) is 17.4. The summed E-state index contributed by atoms with van der Waals surface area (Å²) >= 11 is 14.2. The molecule has 190 valence electrons. The second-order valence-corrected chi connectivity index (χ2v) is 11.0. The molecule has 1 N–H and O–H groups in total. The quantitative estimate of drug-likeness (QED) is 0.329. The summed E-state index contributed by atoms with van der Waals surface area (Å²) < 4.78 is 5.77. The smallest absolute Gasteiger partial charge is 0.322 e. The van der Waals surface area contributed by atoms with Crippen molar-refractivity contribution in [2.45, 2.75) is 39.0 Å². The van der Waals surface area contributed by atoms with Crippen LogP contribution in [0.5, 0.6) is 0 Å². The van der Waals surface area contributed by atoms with Gasteiger partial charge in [-0.1, -0.05) is 59.6 Å². The van der Waals surface area contributed by atoms with E-state index in [2.05, 4.69) is 11.4 Å². The monoisotopic (exact) mass is 545 g/mol. The highest BCUT2D eigenvalue weighted by Crippen LogP contribution is 2.30. The molecular weight excluding hydrogens is 517 g/mol. The van der Waals surface area contributed by atoms with Crippen molar-refractivity contribution in [3.8, 4) is 0 Å². The number of hydrogen-bond donors (Lipinski definition) is 1. The van der Waals surface area contributed by atoms with Gasteiger partial charge in [0.15, 0.2) is 0 Å². The maximum Gasteiger partial charge on any atom is 0.322 e. The highest BCUT2D eigenvalue weighted by Gasteiger charge is 2.27. The van der Waals surface area contributed by atoms with Crippen LogP contribution < -0.4 is 5.32 Å². The van der Waals surface area contributed by atoms with Gasteiger partial charge in [-0.3, -0.25) is 4.79 Å². The Kier molecular flexibility index (Phi) is 9.26. The molecule has 36 heavy (non-hydrogen) atoms. The Hall–Kier alpha value is -2.58. The van der Waals surface area contributed by atoms with Crippen LogP contribution >= 0.6 is 34.5 Å². The third-order valence-corrected chi connectivity index (χ3v) is 7.58. The van der Waals surface area contributed by atoms with Crippen molar-refractivity contribution in [1.29, 1.82) is 0 Å². The van der Waals surface area contributed by atoms with E-state index in [4.69, 9.17) is 27.9 Å². The molecule has 0 saturated carbocycles. The van der Waals surface area contributed by atoms with Crippen LogP contribution in [0.2, 0.25) is 10.0 Å². The predicted molar refractivity (Wildman–Crippen MR) is 146 cm³/mol. The fourth-order valence-electron chi connectivity index (χ4n) is 4.11. The van der Waals surface area contributed by atoms with E-state index in [-0.39, 0.29) is 18.6 Å². The molecule has 1 aliphatic heterocycles. The van der Waals surface area contributed by atoms with Gasteiger partial charge in [-0.25, -0.2) is 4.79 Å². The minimum atomic E-state index is -0.444. The van der Waals surface area contributed by atoms with Gasteiger partial charge in [-0.2, -0.15) is 0 Å². The molecule has 1 aromatic heterocycles. The van der Waals surface area contributed by atoms with Crippen LogP contribution in [0.15, 0.2) is 60.7 Å². The lowest BCUT2D eigenvalue weighted by molar-refractivity contribution is -0.133. The molecule has 2 heterocycles. The number of hydrogen-bond acceptors (Lipinski definition) is 4. The number of nitrogens with zero attached hydrogens (tertiary/aromatic N) is 2. The van der Waals surface area contributed by atoms with Crippen molar-refractivity contribution in [3.63, 3.8) is 0 Å². The van der Waals surface area contributed by atoms with Gasteiger partial charge in [0.05, 0.1) is 28.4 Å². The first-order valence-corrected chi connectivity index (χ1v) is 13.4. The van der Waals surface area contributed by atoms with E-state index in [1.54, 1.807) is 34.4 Å². The number of aryl methyl sites for hydroxylation is 1. The predicted octanol–water partition coefficient (Wildman–Crippen LogP) is 6.61. The summed E-state index contributed by atoms with van der Waals surface area (Å²) in [6.45, 7) is 3.83. The van der Waals surface area contributed by atoms with Crippen molar-refractivity contribution in [2.24, 2.45) is 0 Å². The first kappa shape index (κ1) is 26.5. The maximum absolute atomic E-state index is 13.6. The summed E-state index contributed by atoms with van der Waals surface area (Å²) in [6, 6.07) is 18.5. The number of benzene rings is 2. The van der Waals surface area contributed by atoms with Crippen LogP contribution in [0.25, 0.3) is 0 Å². The molecule has 6 nitrogen and oxygen atoms in total. The second-order valence-electron chi connectivity index (χ2n) is 8.79. The lowest BCUT2D eigenvalue weighted by atomic mass is 10.2. The summed E-state index contributed by atoms with van der Waals surface area (Å²) in [5.41, 5.74) is 1.35. The third-order valence-electron chi connectivity index (χ3n) is 5.97. The van der Waals surface area contributed by atoms with E-state index in [1.165, 1.54) is 9.78 Å². The van der Waals surface area contributed by atoms with Gasteiger partial charge in [-0.05, 0) is 49.6 Å². The van der Waals surface area contributed by atoms with Crippen LogP contribution in [-0.2, 0) is 22.6 Å². The Morgan fingerprint density at radius 3 is 2.39 bits per heavy atom. The number of anilines is 1. The fourth-order valence-corrected chi connectivity index (χ4v) is 5.51. The molecule has 1 fully saturated rings. The van der Waals surface area contributed by atoms with Crippen molar-refractivity contribution in [1.82, 2.24) is 9.80 Å². The van der Waals surface area contributed by atoms with Gasteiger partial charge >= 0.3 is 6.03 Å². The zero-order valence-electron chi connectivity index (χ0n) is 20.1. The normalized spacial score (nSPS) is 15.0. The minimum Gasteiger partial charge on any atom is -0.376 e. The molecule has 2 aromatic carbocycles. The number of thiophene rings is 1. The molecule has 4 rings (SSSR count). The number of halogens is 2. The molecule has 0 bridgehead atoms. The summed E-state index contributed by atoms with van der Waals surface area (Å²) in [5, 5.41) is 3.46. The molecule has 0 aliphatic carbocycles. The first-order valence-electron chi connectivity index (χ1n) is 11.9. The standard InChI is InChI=1S/C27H29Cl2N3O3S/c1-19-12-13-22(36-19)17-31(15-20-7-3-2-4-8-20)25(33)18-32(16-21-9-6-14-35-21)27(34)30-26-23(28)10-5-11-24(26)29/h2-5,7-8,10-13,21H,6,9,14-18H2,1H3,(H,30,34). The molecule has 3 amide bonds. The van der Waals surface area contributed by atoms with E-state index in [9.17, 15) is 9.59 Å². The van der Waals surface area contributed by atoms with Gasteiger partial charge in [0.1, 0.15) is 6.54 Å². The Labute approximate surface area is 225 Å². The summed E-state index contributed by atoms with van der Waals surface area (Å²) in [5.74, 6) is -0.150. The SMILES string of the molecule is Cc1ccc(CN(Cc2ccccc2)C(=O)CN(CC2CCCO2)C(=O)Nc2c(Cl)cccc2Cl)s1. The highest BCUT2D eigenvalue weighted by molar-refractivity contribution is 7.11. The average Bonchev–Trinajstić information content (AvgIpc) is 3.52. The molecule has 0 radical (unpaired) electrons. The average molecular weight is 547 g/mol. The molecule has 1 unspecified atom stereocenters. The zero-order valence-corrected chi connectivity index (χ0v) is 22.4. The lowest BCUT2D eigenvalue weighted by Gasteiger charge is -2.29. The minimum absolute atomic E-state index is 0.0923. The van der Waals surface area contributed by atoms with Crippen LogP contribution in [0, 0.1) is 6.92 Å². The van der Waals surface area contributed by atoms with Gasteiger partial charge in [0, 0.05) is 29.5 Å². The van der Waals surface area contributed by atoms with Crippen LogP contribution in [-0.4, -0.2) is 47.5 Å². The Bertz CT molecular complexity index is 1160. The van der Waals surface area contributed by atoms with E-state index >= 15 is 0 Å². The topological polar surface area (TPSA) is 61.9 Å². The number of ether oxygens (including phenoxy) is 1. The van der Waals surface area contributed by atoms with Crippen molar-refractivity contribution in [2.75, 3.05) is 25.0 Å². The number of urea groups is 1. The summed E-state index contributed by atoms with van der Waals surface area (Å²) in [6.07, 6.45) is 1.66. The van der Waals surface area contributed by atoms with E-state index in [0.717, 1.165) is 23.3 Å². The van der Waals surface area contributed by atoms with Crippen molar-refractivity contribution in [3.05, 3.63) is 86.0 Å². The van der Waals surface area contributed by atoms with Crippen LogP contribution in [0.3, 0.4) is 0 Å². The Morgan fingerprint density at radius 1 is 1.00 bits per heavy atom. The van der Waals surface area contributed by atoms with E-state index in [1.807, 2.05) is 43.3 Å². The van der Waals surface area contributed by atoms with Crippen LogP contribution in [0.1, 0.15) is 28.2 Å². The highest BCUT2D eigenvalue weighted by atomic mass is 35.5. The molecule has 3 aromatic rings. The molecule has 1 saturated heterocycles. The third kappa shape index (κ3) is 7.23. The van der Waals surface area contributed by atoms with E-state index in [0.29, 0.717) is 42.0 Å². The van der Waals surface area contributed by atoms with Gasteiger partial charge in [0.2, 0.25) is 5.91 Å². The van der Waals surface area contributed by atoms with Gasteiger partial charge in [-0.15, -0.1) is 11.3 Å². The van der Waals surface area contributed by atoms with E-state index < -0.39 is 6.03 Å². The molecule has 1 atom stereocenters. The van der Waals surface area contributed by atoms with Crippen molar-refractivity contribution >= 4 is 52.2 Å². The van der Waals surface area contributed by atoms with Crippen molar-refractivity contribution < 1.29 is 14.3 Å². The second kappa shape index (κ2) is 12.6. The number of amides is 3.